The lowest BCUT2D eigenvalue weighted by Gasteiger charge is -2.12. The van der Waals surface area contributed by atoms with Gasteiger partial charge in [-0.3, -0.25) is 9.78 Å². The van der Waals surface area contributed by atoms with Crippen LogP contribution in [-0.2, 0) is 23.6 Å². The summed E-state index contributed by atoms with van der Waals surface area (Å²) in [7, 11) is 0. The first-order valence-electron chi connectivity index (χ1n) is 9.67. The summed E-state index contributed by atoms with van der Waals surface area (Å²) in [5.74, 6) is 1.74. The van der Waals surface area contributed by atoms with Gasteiger partial charge in [-0.05, 0) is 41.3 Å². The smallest absolute Gasteiger partial charge is 0.244 e. The number of pyridine rings is 1. The minimum atomic E-state index is -0.208. The van der Waals surface area contributed by atoms with Crippen LogP contribution in [0.15, 0.2) is 60.0 Å². The summed E-state index contributed by atoms with van der Waals surface area (Å²) in [5.41, 5.74) is 1.97. The predicted molar refractivity (Wildman–Crippen MR) is 121 cm³/mol. The van der Waals surface area contributed by atoms with Crippen LogP contribution in [0, 0.1) is 5.92 Å². The van der Waals surface area contributed by atoms with Crippen molar-refractivity contribution < 1.29 is 4.79 Å². The van der Waals surface area contributed by atoms with Gasteiger partial charge in [0.1, 0.15) is 0 Å². The molecule has 0 saturated heterocycles. The molecule has 0 bridgehead atoms. The van der Waals surface area contributed by atoms with E-state index in [1.165, 1.54) is 11.6 Å². The van der Waals surface area contributed by atoms with Gasteiger partial charge in [0.15, 0.2) is 11.0 Å². The first kappa shape index (κ1) is 22.1. The number of nitrogens with one attached hydrogen (secondary N) is 1. The summed E-state index contributed by atoms with van der Waals surface area (Å²) < 4.78 is 2.08. The van der Waals surface area contributed by atoms with Gasteiger partial charge in [0.2, 0.25) is 5.91 Å². The van der Waals surface area contributed by atoms with E-state index in [1.54, 1.807) is 36.3 Å². The van der Waals surface area contributed by atoms with Gasteiger partial charge in [-0.15, -0.1) is 10.2 Å². The van der Waals surface area contributed by atoms with Gasteiger partial charge in [0.05, 0.1) is 6.54 Å². The van der Waals surface area contributed by atoms with Gasteiger partial charge in [-0.25, -0.2) is 0 Å². The van der Waals surface area contributed by atoms with Crippen LogP contribution in [0.2, 0.25) is 5.02 Å². The van der Waals surface area contributed by atoms with Crippen molar-refractivity contribution in [2.75, 3.05) is 0 Å². The molecule has 0 aliphatic rings. The number of halogens is 1. The average Bonchev–Trinajstić information content (AvgIpc) is 3.11. The number of amides is 1. The monoisotopic (exact) mass is 441 g/mol. The zero-order valence-electron chi connectivity index (χ0n) is 17.0. The number of benzene rings is 1. The standard InChI is InChI=1S/C22H24ClN5OS/c1-16(2)14-28-20(26-27-22(28)30-15-17-9-11-24-12-10-17)13-25-21(29)8-7-18-5-3-4-6-19(18)23/h3-12,16H,13-15H2,1-2H3,(H,25,29)/b8-7+. The van der Waals surface area contributed by atoms with Crippen molar-refractivity contribution >= 4 is 35.3 Å². The highest BCUT2D eigenvalue weighted by molar-refractivity contribution is 7.98. The molecule has 1 amide bonds. The molecule has 8 heteroatoms. The Morgan fingerprint density at radius 2 is 1.97 bits per heavy atom. The van der Waals surface area contributed by atoms with E-state index < -0.39 is 0 Å². The SMILES string of the molecule is CC(C)Cn1c(CNC(=O)/C=C/c2ccccc2Cl)nnc1SCc1ccncc1. The zero-order chi connectivity index (χ0) is 21.3. The fourth-order valence-electron chi connectivity index (χ4n) is 2.73. The van der Waals surface area contributed by atoms with Gasteiger partial charge in [-0.2, -0.15) is 0 Å². The van der Waals surface area contributed by atoms with Crippen LogP contribution >= 0.6 is 23.4 Å². The number of carbonyl (C=O) groups is 1. The summed E-state index contributed by atoms with van der Waals surface area (Å²) in [4.78, 5) is 16.3. The molecule has 2 heterocycles. The van der Waals surface area contributed by atoms with E-state index in [9.17, 15) is 4.79 Å². The molecule has 3 aromatic rings. The maximum atomic E-state index is 12.2. The third kappa shape index (κ3) is 6.43. The molecule has 0 atom stereocenters. The van der Waals surface area contributed by atoms with Crippen molar-refractivity contribution in [3.8, 4) is 0 Å². The number of nitrogens with zero attached hydrogens (tertiary/aromatic N) is 4. The highest BCUT2D eigenvalue weighted by Crippen LogP contribution is 2.23. The van der Waals surface area contributed by atoms with Crippen LogP contribution in [0.1, 0.15) is 30.8 Å². The lowest BCUT2D eigenvalue weighted by Crippen LogP contribution is -2.23. The van der Waals surface area contributed by atoms with E-state index in [4.69, 9.17) is 11.6 Å². The van der Waals surface area contributed by atoms with Crippen molar-refractivity contribution in [2.24, 2.45) is 5.92 Å². The number of rotatable bonds is 9. The molecule has 6 nitrogen and oxygen atoms in total. The van der Waals surface area contributed by atoms with E-state index in [1.807, 2.05) is 30.3 Å². The molecule has 3 rings (SSSR count). The molecular weight excluding hydrogens is 418 g/mol. The number of hydrogen-bond donors (Lipinski definition) is 1. The van der Waals surface area contributed by atoms with E-state index in [-0.39, 0.29) is 5.91 Å². The summed E-state index contributed by atoms with van der Waals surface area (Å²) in [5, 5.41) is 13.0. The average molecular weight is 442 g/mol. The topological polar surface area (TPSA) is 72.7 Å². The normalized spacial score (nSPS) is 11.3. The second-order valence-electron chi connectivity index (χ2n) is 7.12. The highest BCUT2D eigenvalue weighted by Gasteiger charge is 2.14. The Balaban J connectivity index is 1.64. The third-order valence-corrected chi connectivity index (χ3v) is 5.58. The molecule has 156 valence electrons. The molecule has 0 fully saturated rings. The second-order valence-corrected chi connectivity index (χ2v) is 8.47. The van der Waals surface area contributed by atoms with Crippen LogP contribution in [0.3, 0.4) is 0 Å². The molecule has 0 spiro atoms. The zero-order valence-corrected chi connectivity index (χ0v) is 18.5. The van der Waals surface area contributed by atoms with E-state index in [0.29, 0.717) is 17.5 Å². The Labute approximate surface area is 185 Å². The van der Waals surface area contributed by atoms with Crippen LogP contribution in [0.25, 0.3) is 6.08 Å². The molecule has 0 radical (unpaired) electrons. The van der Waals surface area contributed by atoms with Crippen molar-refractivity contribution in [3.63, 3.8) is 0 Å². The summed E-state index contributed by atoms with van der Waals surface area (Å²) in [6, 6.07) is 11.4. The van der Waals surface area contributed by atoms with Crippen LogP contribution in [0.4, 0.5) is 0 Å². The molecule has 0 saturated carbocycles. The molecule has 30 heavy (non-hydrogen) atoms. The van der Waals surface area contributed by atoms with Crippen LogP contribution < -0.4 is 5.32 Å². The molecular formula is C22H24ClN5OS. The molecule has 1 N–H and O–H groups in total. The minimum absolute atomic E-state index is 0.208. The van der Waals surface area contributed by atoms with Crippen LogP contribution in [-0.4, -0.2) is 25.7 Å². The van der Waals surface area contributed by atoms with Crippen LogP contribution in [0.5, 0.6) is 0 Å². The third-order valence-electron chi connectivity index (χ3n) is 4.20. The summed E-state index contributed by atoms with van der Waals surface area (Å²) >= 11 is 7.74. The van der Waals surface area contributed by atoms with Crippen molar-refractivity contribution in [2.45, 2.75) is 37.8 Å². The number of carbonyl (C=O) groups excluding carboxylic acids is 1. The molecule has 2 aromatic heterocycles. The van der Waals surface area contributed by atoms with E-state index in [2.05, 4.69) is 38.9 Å². The highest BCUT2D eigenvalue weighted by atomic mass is 35.5. The van der Waals surface area contributed by atoms with Crippen molar-refractivity contribution in [3.05, 3.63) is 76.8 Å². The molecule has 0 unspecified atom stereocenters. The van der Waals surface area contributed by atoms with Crippen molar-refractivity contribution in [1.29, 1.82) is 0 Å². The number of hydrogen-bond acceptors (Lipinski definition) is 5. The summed E-state index contributed by atoms with van der Waals surface area (Å²) in [6.07, 6.45) is 6.74. The Morgan fingerprint density at radius 3 is 2.70 bits per heavy atom. The Kier molecular flexibility index (Phi) is 8.04. The number of aromatic nitrogens is 4. The Morgan fingerprint density at radius 1 is 1.20 bits per heavy atom. The lowest BCUT2D eigenvalue weighted by molar-refractivity contribution is -0.116. The van der Waals surface area contributed by atoms with Gasteiger partial charge in [0.25, 0.3) is 0 Å². The first-order chi connectivity index (χ1) is 14.5. The Hall–Kier alpha value is -2.64. The van der Waals surface area contributed by atoms with Gasteiger partial charge in [0, 0.05) is 35.8 Å². The fourth-order valence-corrected chi connectivity index (χ4v) is 3.85. The van der Waals surface area contributed by atoms with E-state index in [0.717, 1.165) is 28.8 Å². The fraction of sp³-hybridized carbons (Fsp3) is 0.273. The van der Waals surface area contributed by atoms with Gasteiger partial charge < -0.3 is 9.88 Å². The second kappa shape index (κ2) is 10.9. The van der Waals surface area contributed by atoms with E-state index >= 15 is 0 Å². The van der Waals surface area contributed by atoms with Gasteiger partial charge >= 0.3 is 0 Å². The number of thioether (sulfide) groups is 1. The molecule has 0 aliphatic carbocycles. The quantitative estimate of drug-likeness (QED) is 0.388. The Bertz CT molecular complexity index is 1000. The lowest BCUT2D eigenvalue weighted by atomic mass is 10.2. The largest absolute Gasteiger partial charge is 0.345 e. The minimum Gasteiger partial charge on any atom is -0.345 e. The maximum absolute atomic E-state index is 12.2. The predicted octanol–water partition coefficient (Wildman–Crippen LogP) is 4.60. The van der Waals surface area contributed by atoms with Crippen molar-refractivity contribution in [1.82, 2.24) is 25.1 Å². The molecule has 0 aliphatic heterocycles. The summed E-state index contributed by atoms with van der Waals surface area (Å²) in [6.45, 7) is 5.38. The maximum Gasteiger partial charge on any atom is 0.244 e. The molecule has 1 aromatic carbocycles. The van der Waals surface area contributed by atoms with Gasteiger partial charge in [-0.1, -0.05) is 55.4 Å². The first-order valence-corrected chi connectivity index (χ1v) is 11.0.